The molecule has 2 rings (SSSR count). The molecule has 0 unspecified atom stereocenters. The topological polar surface area (TPSA) is 81.5 Å². The largest absolute Gasteiger partial charge is 0.484 e. The van der Waals surface area contributed by atoms with Gasteiger partial charge in [-0.25, -0.2) is 0 Å². The normalized spacial score (nSPS) is 10.2. The lowest BCUT2D eigenvalue weighted by Crippen LogP contribution is -2.20. The molecule has 0 aliphatic heterocycles. The summed E-state index contributed by atoms with van der Waals surface area (Å²) in [6.45, 7) is -0.349. The standard InChI is InChI=1S/C14H9Cl3N2O4/c15-8-1-4-12(13(5-8)19(21)22)18-14(20)7-23-9-2-3-10(16)11(17)6-9/h1-6H,7H2,(H,18,20). The maximum absolute atomic E-state index is 11.8. The van der Waals surface area contributed by atoms with E-state index in [2.05, 4.69) is 5.32 Å². The number of benzene rings is 2. The summed E-state index contributed by atoms with van der Waals surface area (Å²) in [4.78, 5) is 22.2. The van der Waals surface area contributed by atoms with Crippen molar-refractivity contribution in [2.24, 2.45) is 0 Å². The van der Waals surface area contributed by atoms with Crippen LogP contribution in [-0.2, 0) is 4.79 Å². The van der Waals surface area contributed by atoms with Gasteiger partial charge >= 0.3 is 0 Å². The Hall–Kier alpha value is -2.02. The summed E-state index contributed by atoms with van der Waals surface area (Å²) in [5.41, 5.74) is -0.275. The third-order valence-corrected chi connectivity index (χ3v) is 3.67. The number of amides is 1. The van der Waals surface area contributed by atoms with Gasteiger partial charge in [0, 0.05) is 17.2 Å². The predicted octanol–water partition coefficient (Wildman–Crippen LogP) is 4.57. The van der Waals surface area contributed by atoms with Gasteiger partial charge in [-0.15, -0.1) is 0 Å². The highest BCUT2D eigenvalue weighted by Gasteiger charge is 2.16. The van der Waals surface area contributed by atoms with Crippen LogP contribution in [0.4, 0.5) is 11.4 Å². The monoisotopic (exact) mass is 374 g/mol. The molecule has 0 atom stereocenters. The van der Waals surface area contributed by atoms with Crippen LogP contribution in [0.5, 0.6) is 5.75 Å². The van der Waals surface area contributed by atoms with Crippen molar-refractivity contribution < 1.29 is 14.5 Å². The molecule has 0 fully saturated rings. The summed E-state index contributed by atoms with van der Waals surface area (Å²) in [5, 5.41) is 14.2. The van der Waals surface area contributed by atoms with Gasteiger partial charge in [-0.3, -0.25) is 14.9 Å². The van der Waals surface area contributed by atoms with E-state index in [1.807, 2.05) is 0 Å². The summed E-state index contributed by atoms with van der Waals surface area (Å²) < 4.78 is 5.25. The van der Waals surface area contributed by atoms with Gasteiger partial charge in [0.2, 0.25) is 0 Å². The number of halogens is 3. The van der Waals surface area contributed by atoms with E-state index in [9.17, 15) is 14.9 Å². The SMILES string of the molecule is O=C(COc1ccc(Cl)c(Cl)c1)Nc1ccc(Cl)cc1[N+](=O)[O-]. The number of nitrogens with one attached hydrogen (secondary N) is 1. The molecular weight excluding hydrogens is 367 g/mol. The van der Waals surface area contributed by atoms with Crippen molar-refractivity contribution in [3.8, 4) is 5.75 Å². The molecule has 6 nitrogen and oxygen atoms in total. The smallest absolute Gasteiger partial charge is 0.294 e. The molecule has 0 bridgehead atoms. The molecule has 0 saturated carbocycles. The van der Waals surface area contributed by atoms with Crippen LogP contribution in [0.25, 0.3) is 0 Å². The summed E-state index contributed by atoms with van der Waals surface area (Å²) >= 11 is 17.3. The Balaban J connectivity index is 2.02. The summed E-state index contributed by atoms with van der Waals surface area (Å²) in [5.74, 6) is -0.221. The first-order valence-electron chi connectivity index (χ1n) is 6.18. The van der Waals surface area contributed by atoms with Gasteiger partial charge in [0.25, 0.3) is 11.6 Å². The van der Waals surface area contributed by atoms with Crippen molar-refractivity contribution >= 4 is 52.1 Å². The van der Waals surface area contributed by atoms with Crippen LogP contribution in [-0.4, -0.2) is 17.4 Å². The Morgan fingerprint density at radius 1 is 1.13 bits per heavy atom. The maximum atomic E-state index is 11.8. The zero-order valence-electron chi connectivity index (χ0n) is 11.4. The fourth-order valence-electron chi connectivity index (χ4n) is 1.66. The molecule has 23 heavy (non-hydrogen) atoms. The second-order valence-electron chi connectivity index (χ2n) is 4.33. The summed E-state index contributed by atoms with van der Waals surface area (Å²) in [7, 11) is 0. The third kappa shape index (κ3) is 4.72. The fraction of sp³-hybridized carbons (Fsp3) is 0.0714. The molecule has 0 radical (unpaired) electrons. The second-order valence-corrected chi connectivity index (χ2v) is 5.58. The zero-order chi connectivity index (χ0) is 17.0. The number of carbonyl (C=O) groups is 1. The number of hydrogen-bond donors (Lipinski definition) is 1. The summed E-state index contributed by atoms with van der Waals surface area (Å²) in [6, 6.07) is 8.47. The lowest BCUT2D eigenvalue weighted by molar-refractivity contribution is -0.383. The van der Waals surface area contributed by atoms with Crippen LogP contribution in [0.1, 0.15) is 0 Å². The number of nitro benzene ring substituents is 1. The van der Waals surface area contributed by atoms with E-state index < -0.39 is 10.8 Å². The minimum atomic E-state index is -0.638. The van der Waals surface area contributed by atoms with Gasteiger partial charge in [0.15, 0.2) is 6.61 Å². The molecular formula is C14H9Cl3N2O4. The van der Waals surface area contributed by atoms with Gasteiger partial charge in [-0.1, -0.05) is 34.8 Å². The highest BCUT2D eigenvalue weighted by Crippen LogP contribution is 2.28. The Labute approximate surface area is 146 Å². The van der Waals surface area contributed by atoms with Crippen LogP contribution in [0.15, 0.2) is 36.4 Å². The first kappa shape index (κ1) is 17.3. The van der Waals surface area contributed by atoms with Crippen molar-refractivity contribution in [1.29, 1.82) is 0 Å². The van der Waals surface area contributed by atoms with E-state index in [1.54, 1.807) is 6.07 Å². The van der Waals surface area contributed by atoms with Crippen LogP contribution in [0.2, 0.25) is 15.1 Å². The lowest BCUT2D eigenvalue weighted by Gasteiger charge is -2.08. The minimum Gasteiger partial charge on any atom is -0.484 e. The van der Waals surface area contributed by atoms with E-state index in [0.29, 0.717) is 10.8 Å². The van der Waals surface area contributed by atoms with E-state index in [0.717, 1.165) is 6.07 Å². The molecule has 0 aliphatic carbocycles. The number of carbonyl (C=O) groups excluding carboxylic acids is 1. The third-order valence-electron chi connectivity index (χ3n) is 2.69. The molecule has 0 spiro atoms. The van der Waals surface area contributed by atoms with Crippen molar-refractivity contribution in [2.45, 2.75) is 0 Å². The number of hydrogen-bond acceptors (Lipinski definition) is 4. The number of ether oxygens (including phenoxy) is 1. The second kappa shape index (κ2) is 7.50. The number of nitro groups is 1. The molecule has 0 aliphatic rings. The highest BCUT2D eigenvalue weighted by atomic mass is 35.5. The molecule has 0 saturated heterocycles. The van der Waals surface area contributed by atoms with Crippen LogP contribution in [0, 0.1) is 10.1 Å². The molecule has 1 amide bonds. The first-order chi connectivity index (χ1) is 10.9. The Bertz CT molecular complexity index is 768. The molecule has 2 aromatic carbocycles. The Morgan fingerprint density at radius 2 is 1.87 bits per heavy atom. The molecule has 2 aromatic rings. The van der Waals surface area contributed by atoms with E-state index >= 15 is 0 Å². The molecule has 0 aromatic heterocycles. The van der Waals surface area contributed by atoms with Gasteiger partial charge < -0.3 is 10.1 Å². The van der Waals surface area contributed by atoms with Crippen LogP contribution >= 0.6 is 34.8 Å². The van der Waals surface area contributed by atoms with Crippen molar-refractivity contribution in [1.82, 2.24) is 0 Å². The van der Waals surface area contributed by atoms with Crippen molar-refractivity contribution in [2.75, 3.05) is 11.9 Å². The highest BCUT2D eigenvalue weighted by molar-refractivity contribution is 6.42. The molecule has 120 valence electrons. The van der Waals surface area contributed by atoms with E-state index in [1.165, 1.54) is 24.3 Å². The number of nitrogens with zero attached hydrogens (tertiary/aromatic N) is 1. The van der Waals surface area contributed by atoms with Crippen molar-refractivity contribution in [3.05, 3.63) is 61.6 Å². The van der Waals surface area contributed by atoms with Gasteiger partial charge in [0.1, 0.15) is 11.4 Å². The molecule has 0 heterocycles. The summed E-state index contributed by atoms with van der Waals surface area (Å²) in [6.07, 6.45) is 0. The molecule has 9 heteroatoms. The van der Waals surface area contributed by atoms with Crippen LogP contribution < -0.4 is 10.1 Å². The fourth-order valence-corrected chi connectivity index (χ4v) is 2.12. The zero-order valence-corrected chi connectivity index (χ0v) is 13.7. The average Bonchev–Trinajstić information content (AvgIpc) is 2.50. The van der Waals surface area contributed by atoms with Crippen LogP contribution in [0.3, 0.4) is 0 Å². The first-order valence-corrected chi connectivity index (χ1v) is 7.32. The minimum absolute atomic E-state index is 0.0298. The van der Waals surface area contributed by atoms with Gasteiger partial charge in [0.05, 0.1) is 15.0 Å². The number of anilines is 1. The van der Waals surface area contributed by atoms with E-state index in [4.69, 9.17) is 39.5 Å². The molecule has 1 N–H and O–H groups in total. The predicted molar refractivity (Wildman–Crippen MR) is 88.7 cm³/mol. The lowest BCUT2D eigenvalue weighted by atomic mass is 10.2. The quantitative estimate of drug-likeness (QED) is 0.613. The average molecular weight is 376 g/mol. The number of rotatable bonds is 5. The van der Waals surface area contributed by atoms with Crippen molar-refractivity contribution in [3.63, 3.8) is 0 Å². The van der Waals surface area contributed by atoms with E-state index in [-0.39, 0.29) is 28.0 Å². The maximum Gasteiger partial charge on any atom is 0.294 e. The Morgan fingerprint density at radius 3 is 2.52 bits per heavy atom. The van der Waals surface area contributed by atoms with Gasteiger partial charge in [-0.2, -0.15) is 0 Å². The Kier molecular flexibility index (Phi) is 5.65. The van der Waals surface area contributed by atoms with Gasteiger partial charge in [-0.05, 0) is 24.3 Å².